The molecule has 0 spiro atoms. The Morgan fingerprint density at radius 1 is 1.64 bits per heavy atom. The minimum atomic E-state index is -0.112. The zero-order valence-electron chi connectivity index (χ0n) is 8.37. The Bertz CT molecular complexity index is 338. The van der Waals surface area contributed by atoms with E-state index in [0.29, 0.717) is 12.3 Å². The Morgan fingerprint density at radius 2 is 2.43 bits per heavy atom. The van der Waals surface area contributed by atoms with Crippen molar-refractivity contribution in [2.45, 2.75) is 19.3 Å². The maximum Gasteiger partial charge on any atom is 0.251 e. The highest BCUT2D eigenvalue weighted by molar-refractivity contribution is 7.98. The van der Waals surface area contributed by atoms with E-state index in [0.717, 1.165) is 17.3 Å². The molecule has 1 rings (SSSR count). The minimum Gasteiger partial charge on any atom is -0.378 e. The molecule has 14 heavy (non-hydrogen) atoms. The second kappa shape index (κ2) is 5.82. The van der Waals surface area contributed by atoms with Crippen LogP contribution in [-0.4, -0.2) is 22.8 Å². The van der Waals surface area contributed by atoms with Crippen molar-refractivity contribution >= 4 is 11.8 Å². The summed E-state index contributed by atoms with van der Waals surface area (Å²) in [5.74, 6) is 2.47. The van der Waals surface area contributed by atoms with Crippen LogP contribution in [0.5, 0.6) is 0 Å². The van der Waals surface area contributed by atoms with E-state index < -0.39 is 0 Å². The van der Waals surface area contributed by atoms with Crippen LogP contribution in [0.4, 0.5) is 0 Å². The number of ether oxygens (including phenoxy) is 1. The molecule has 0 unspecified atom stereocenters. The normalized spacial score (nSPS) is 10.4. The lowest BCUT2D eigenvalue weighted by Crippen LogP contribution is -2.12. The molecule has 0 aliphatic carbocycles. The highest BCUT2D eigenvalue weighted by Crippen LogP contribution is 2.06. The summed E-state index contributed by atoms with van der Waals surface area (Å²) in [5, 5.41) is 0. The van der Waals surface area contributed by atoms with Gasteiger partial charge < -0.3 is 9.72 Å². The summed E-state index contributed by atoms with van der Waals surface area (Å²) < 4.78 is 4.92. The molecule has 0 aliphatic rings. The number of nitrogens with one attached hydrogen (secondary N) is 1. The molecule has 0 amide bonds. The van der Waals surface area contributed by atoms with Gasteiger partial charge in [-0.1, -0.05) is 6.92 Å². The molecule has 0 aromatic carbocycles. The van der Waals surface area contributed by atoms with Gasteiger partial charge in [0, 0.05) is 13.2 Å². The van der Waals surface area contributed by atoms with Crippen LogP contribution in [0.15, 0.2) is 10.9 Å². The third kappa shape index (κ3) is 3.51. The molecule has 1 aromatic rings. The Hall–Kier alpha value is -0.810. The number of hydrogen-bond donors (Lipinski definition) is 1. The summed E-state index contributed by atoms with van der Waals surface area (Å²) in [5.41, 5.74) is 0.571. The molecule has 1 heterocycles. The SMILES string of the molecule is CCSCc1nc(COC)cc(=O)[nH]1. The molecule has 5 heteroatoms. The predicted molar refractivity (Wildman–Crippen MR) is 57.4 cm³/mol. The number of aromatic amines is 1. The van der Waals surface area contributed by atoms with Gasteiger partial charge in [0.05, 0.1) is 18.1 Å². The lowest BCUT2D eigenvalue weighted by atomic mass is 10.4. The monoisotopic (exact) mass is 214 g/mol. The number of methoxy groups -OCH3 is 1. The molecule has 0 atom stereocenters. The average Bonchev–Trinajstić information content (AvgIpc) is 2.14. The molecule has 0 fully saturated rings. The number of thioether (sulfide) groups is 1. The molecule has 1 N–H and O–H groups in total. The van der Waals surface area contributed by atoms with E-state index >= 15 is 0 Å². The summed E-state index contributed by atoms with van der Waals surface area (Å²) in [4.78, 5) is 18.1. The van der Waals surface area contributed by atoms with Crippen molar-refractivity contribution in [3.05, 3.63) is 27.9 Å². The Kier molecular flexibility index (Phi) is 4.69. The highest BCUT2D eigenvalue weighted by Gasteiger charge is 2.00. The maximum absolute atomic E-state index is 11.2. The standard InChI is InChI=1S/C9H14N2O2S/c1-3-14-6-8-10-7(5-13-2)4-9(12)11-8/h4H,3,5-6H2,1-2H3,(H,10,11,12). The number of rotatable bonds is 5. The van der Waals surface area contributed by atoms with E-state index in [1.807, 2.05) is 0 Å². The third-order valence-electron chi connectivity index (χ3n) is 1.58. The first-order valence-electron chi connectivity index (χ1n) is 4.42. The van der Waals surface area contributed by atoms with E-state index in [1.54, 1.807) is 18.9 Å². The number of aromatic nitrogens is 2. The lowest BCUT2D eigenvalue weighted by molar-refractivity contribution is 0.181. The van der Waals surface area contributed by atoms with Crippen LogP contribution in [-0.2, 0) is 17.1 Å². The third-order valence-corrected chi connectivity index (χ3v) is 2.46. The van der Waals surface area contributed by atoms with Crippen molar-refractivity contribution in [3.63, 3.8) is 0 Å². The van der Waals surface area contributed by atoms with Crippen molar-refractivity contribution in [1.82, 2.24) is 9.97 Å². The van der Waals surface area contributed by atoms with Crippen LogP contribution >= 0.6 is 11.8 Å². The van der Waals surface area contributed by atoms with Gasteiger partial charge in [0.2, 0.25) is 0 Å². The van der Waals surface area contributed by atoms with Crippen LogP contribution in [0.25, 0.3) is 0 Å². The van der Waals surface area contributed by atoms with E-state index in [1.165, 1.54) is 6.07 Å². The lowest BCUT2D eigenvalue weighted by Gasteiger charge is -2.02. The van der Waals surface area contributed by atoms with Gasteiger partial charge in [0.25, 0.3) is 5.56 Å². The number of hydrogen-bond acceptors (Lipinski definition) is 4. The van der Waals surface area contributed by atoms with Crippen molar-refractivity contribution < 1.29 is 4.74 Å². The van der Waals surface area contributed by atoms with Gasteiger partial charge in [-0.05, 0) is 5.75 Å². The van der Waals surface area contributed by atoms with Gasteiger partial charge in [-0.3, -0.25) is 4.79 Å². The van der Waals surface area contributed by atoms with Crippen LogP contribution in [0.1, 0.15) is 18.4 Å². The summed E-state index contributed by atoms with van der Waals surface area (Å²) in [7, 11) is 1.59. The Labute approximate surface area is 87.1 Å². The number of nitrogens with zero attached hydrogens (tertiary/aromatic N) is 1. The van der Waals surface area contributed by atoms with Gasteiger partial charge in [0.15, 0.2) is 0 Å². The minimum absolute atomic E-state index is 0.112. The predicted octanol–water partition coefficient (Wildman–Crippen LogP) is 1.17. The van der Waals surface area contributed by atoms with Crippen molar-refractivity contribution in [3.8, 4) is 0 Å². The fourth-order valence-corrected chi connectivity index (χ4v) is 1.59. The summed E-state index contributed by atoms with van der Waals surface area (Å²) >= 11 is 1.72. The topological polar surface area (TPSA) is 55.0 Å². The first kappa shape index (κ1) is 11.3. The Balaban J connectivity index is 2.78. The number of H-pyrrole nitrogens is 1. The molecular formula is C9H14N2O2S. The van der Waals surface area contributed by atoms with Gasteiger partial charge in [-0.25, -0.2) is 4.98 Å². The quantitative estimate of drug-likeness (QED) is 0.799. The Morgan fingerprint density at radius 3 is 3.07 bits per heavy atom. The molecule has 4 nitrogen and oxygen atoms in total. The molecule has 78 valence electrons. The molecule has 0 aliphatic heterocycles. The summed E-state index contributed by atoms with van der Waals surface area (Å²) in [6.45, 7) is 2.45. The summed E-state index contributed by atoms with van der Waals surface area (Å²) in [6.07, 6.45) is 0. The smallest absolute Gasteiger partial charge is 0.251 e. The van der Waals surface area contributed by atoms with E-state index in [-0.39, 0.29) is 5.56 Å². The fourth-order valence-electron chi connectivity index (χ4n) is 1.05. The molecule has 1 aromatic heterocycles. The van der Waals surface area contributed by atoms with E-state index in [9.17, 15) is 4.79 Å². The largest absolute Gasteiger partial charge is 0.378 e. The maximum atomic E-state index is 11.2. The molecule has 0 radical (unpaired) electrons. The first-order valence-corrected chi connectivity index (χ1v) is 5.57. The molecule has 0 saturated carbocycles. The zero-order valence-corrected chi connectivity index (χ0v) is 9.19. The average molecular weight is 214 g/mol. The zero-order chi connectivity index (χ0) is 10.4. The molecule has 0 bridgehead atoms. The van der Waals surface area contributed by atoms with Gasteiger partial charge in [-0.2, -0.15) is 11.8 Å². The molecule has 0 saturated heterocycles. The van der Waals surface area contributed by atoms with Gasteiger partial charge in [0.1, 0.15) is 5.82 Å². The van der Waals surface area contributed by atoms with Crippen molar-refractivity contribution in [1.29, 1.82) is 0 Å². The van der Waals surface area contributed by atoms with E-state index in [4.69, 9.17) is 4.74 Å². The second-order valence-electron chi connectivity index (χ2n) is 2.75. The fraction of sp³-hybridized carbons (Fsp3) is 0.556. The second-order valence-corrected chi connectivity index (χ2v) is 4.03. The van der Waals surface area contributed by atoms with Crippen LogP contribution in [0.3, 0.4) is 0 Å². The van der Waals surface area contributed by atoms with Gasteiger partial charge in [-0.15, -0.1) is 0 Å². The van der Waals surface area contributed by atoms with Gasteiger partial charge >= 0.3 is 0 Å². The van der Waals surface area contributed by atoms with Crippen molar-refractivity contribution in [2.75, 3.05) is 12.9 Å². The van der Waals surface area contributed by atoms with Crippen LogP contribution < -0.4 is 5.56 Å². The van der Waals surface area contributed by atoms with Crippen molar-refractivity contribution in [2.24, 2.45) is 0 Å². The first-order chi connectivity index (χ1) is 6.76. The molecular weight excluding hydrogens is 200 g/mol. The summed E-state index contributed by atoms with van der Waals surface area (Å²) in [6, 6.07) is 1.46. The van der Waals surface area contributed by atoms with Crippen LogP contribution in [0.2, 0.25) is 0 Å². The van der Waals surface area contributed by atoms with E-state index in [2.05, 4.69) is 16.9 Å². The highest BCUT2D eigenvalue weighted by atomic mass is 32.2. The van der Waals surface area contributed by atoms with Crippen LogP contribution in [0, 0.1) is 0 Å².